The molecule has 0 aliphatic heterocycles. The monoisotopic (exact) mass is 313 g/mol. The molecule has 0 aliphatic carbocycles. The molecule has 1 rings (SSSR count). The van der Waals surface area contributed by atoms with Gasteiger partial charge >= 0.3 is 0 Å². The van der Waals surface area contributed by atoms with Crippen molar-refractivity contribution < 1.29 is 13.2 Å². The molecule has 0 amide bonds. The van der Waals surface area contributed by atoms with Crippen molar-refractivity contribution in [2.45, 2.75) is 38.6 Å². The molecule has 0 aromatic heterocycles. The van der Waals surface area contributed by atoms with Gasteiger partial charge < -0.3 is 10.1 Å². The van der Waals surface area contributed by atoms with E-state index in [0.717, 1.165) is 38.0 Å². The van der Waals surface area contributed by atoms with Crippen LogP contribution in [0.1, 0.15) is 31.7 Å². The Labute approximate surface area is 128 Å². The van der Waals surface area contributed by atoms with Gasteiger partial charge in [0.15, 0.2) is 0 Å². The number of nitrogens with one attached hydrogen (secondary N) is 1. The molecule has 1 atom stereocenters. The van der Waals surface area contributed by atoms with E-state index in [1.54, 1.807) is 7.11 Å². The molecule has 0 radical (unpaired) electrons. The minimum atomic E-state index is -2.85. The fourth-order valence-corrected chi connectivity index (χ4v) is 3.05. The predicted octanol–water partition coefficient (Wildman–Crippen LogP) is 2.43. The summed E-state index contributed by atoms with van der Waals surface area (Å²) in [4.78, 5) is 0. The zero-order valence-corrected chi connectivity index (χ0v) is 14.1. The first kappa shape index (κ1) is 18.0. The van der Waals surface area contributed by atoms with Crippen molar-refractivity contribution in [2.75, 3.05) is 25.7 Å². The molecular weight excluding hydrogens is 286 g/mol. The van der Waals surface area contributed by atoms with E-state index < -0.39 is 9.84 Å². The minimum Gasteiger partial charge on any atom is -0.497 e. The minimum absolute atomic E-state index is 0.275. The standard InChI is InChI=1S/C16H27NO3S/c1-4-17-15(6-5-13-21(3,18)19)10-7-14-8-11-16(20-2)12-9-14/h8-9,11-12,15,17H,4-7,10,13H2,1-3H3. The fraction of sp³-hybridized carbons (Fsp3) is 0.625. The number of aryl methyl sites for hydroxylation is 1. The van der Waals surface area contributed by atoms with Crippen molar-refractivity contribution in [3.8, 4) is 5.75 Å². The maximum Gasteiger partial charge on any atom is 0.147 e. The number of benzene rings is 1. The predicted molar refractivity (Wildman–Crippen MR) is 87.7 cm³/mol. The lowest BCUT2D eigenvalue weighted by atomic mass is 10.0. The van der Waals surface area contributed by atoms with Gasteiger partial charge in [-0.05, 0) is 49.9 Å². The molecule has 21 heavy (non-hydrogen) atoms. The lowest BCUT2D eigenvalue weighted by Gasteiger charge is -2.17. The highest BCUT2D eigenvalue weighted by Crippen LogP contribution is 2.14. The van der Waals surface area contributed by atoms with Crippen molar-refractivity contribution in [1.29, 1.82) is 0 Å². The molecule has 0 spiro atoms. The third kappa shape index (κ3) is 8.07. The van der Waals surface area contributed by atoms with Gasteiger partial charge in [-0.25, -0.2) is 8.42 Å². The van der Waals surface area contributed by atoms with E-state index in [1.807, 2.05) is 12.1 Å². The lowest BCUT2D eigenvalue weighted by molar-refractivity contribution is 0.414. The number of hydrogen-bond acceptors (Lipinski definition) is 4. The second-order valence-electron chi connectivity index (χ2n) is 5.41. The second kappa shape index (κ2) is 9.05. The first-order valence-electron chi connectivity index (χ1n) is 7.48. The summed E-state index contributed by atoms with van der Waals surface area (Å²) in [6.45, 7) is 2.99. The van der Waals surface area contributed by atoms with Crippen LogP contribution in [0.15, 0.2) is 24.3 Å². The van der Waals surface area contributed by atoms with E-state index in [4.69, 9.17) is 4.74 Å². The summed E-state index contributed by atoms with van der Waals surface area (Å²) in [6, 6.07) is 8.48. The maximum absolute atomic E-state index is 11.2. The molecule has 0 aliphatic rings. The topological polar surface area (TPSA) is 55.4 Å². The Morgan fingerprint density at radius 3 is 2.38 bits per heavy atom. The largest absolute Gasteiger partial charge is 0.497 e. The van der Waals surface area contributed by atoms with Crippen LogP contribution in [0.25, 0.3) is 0 Å². The van der Waals surface area contributed by atoms with E-state index >= 15 is 0 Å². The number of ether oxygens (including phenoxy) is 1. The zero-order valence-electron chi connectivity index (χ0n) is 13.3. The van der Waals surface area contributed by atoms with Crippen LogP contribution in [0.2, 0.25) is 0 Å². The van der Waals surface area contributed by atoms with Crippen LogP contribution in [-0.2, 0) is 16.3 Å². The molecule has 0 heterocycles. The summed E-state index contributed by atoms with van der Waals surface area (Å²) in [7, 11) is -1.19. The van der Waals surface area contributed by atoms with Gasteiger partial charge in [-0.15, -0.1) is 0 Å². The Bertz CT molecular complexity index is 497. The summed E-state index contributed by atoms with van der Waals surface area (Å²) < 4.78 is 27.5. The molecule has 1 unspecified atom stereocenters. The average molecular weight is 313 g/mol. The molecule has 0 bridgehead atoms. The lowest BCUT2D eigenvalue weighted by Crippen LogP contribution is -2.29. The smallest absolute Gasteiger partial charge is 0.147 e. The first-order chi connectivity index (χ1) is 9.94. The SMILES string of the molecule is CCNC(CCCS(C)(=O)=O)CCc1ccc(OC)cc1. The number of sulfone groups is 1. The number of rotatable bonds is 10. The van der Waals surface area contributed by atoms with Gasteiger partial charge in [-0.1, -0.05) is 19.1 Å². The van der Waals surface area contributed by atoms with E-state index in [-0.39, 0.29) is 5.75 Å². The number of hydrogen-bond donors (Lipinski definition) is 1. The molecule has 1 N–H and O–H groups in total. The van der Waals surface area contributed by atoms with Gasteiger partial charge in [-0.3, -0.25) is 0 Å². The summed E-state index contributed by atoms with van der Waals surface area (Å²) in [5, 5.41) is 3.44. The van der Waals surface area contributed by atoms with Crippen molar-refractivity contribution >= 4 is 9.84 Å². The molecular formula is C16H27NO3S. The molecule has 4 nitrogen and oxygen atoms in total. The molecule has 1 aromatic rings. The second-order valence-corrected chi connectivity index (χ2v) is 7.67. The Balaban J connectivity index is 2.42. The maximum atomic E-state index is 11.2. The molecule has 0 fully saturated rings. The Kier molecular flexibility index (Phi) is 7.75. The Morgan fingerprint density at radius 2 is 1.86 bits per heavy atom. The molecule has 5 heteroatoms. The van der Waals surface area contributed by atoms with Crippen molar-refractivity contribution in [1.82, 2.24) is 5.32 Å². The first-order valence-corrected chi connectivity index (χ1v) is 9.54. The van der Waals surface area contributed by atoms with Crippen LogP contribution in [0.4, 0.5) is 0 Å². The van der Waals surface area contributed by atoms with E-state index in [0.29, 0.717) is 6.04 Å². The molecule has 0 saturated heterocycles. The summed E-state index contributed by atoms with van der Waals surface area (Å²) in [5.74, 6) is 1.15. The molecule has 120 valence electrons. The van der Waals surface area contributed by atoms with Gasteiger partial charge in [0.25, 0.3) is 0 Å². The van der Waals surface area contributed by atoms with Crippen molar-refractivity contribution in [3.63, 3.8) is 0 Å². The van der Waals surface area contributed by atoms with Gasteiger partial charge in [0.05, 0.1) is 7.11 Å². The van der Waals surface area contributed by atoms with Gasteiger partial charge in [-0.2, -0.15) is 0 Å². The average Bonchev–Trinajstić information content (AvgIpc) is 2.44. The van der Waals surface area contributed by atoms with Crippen LogP contribution in [-0.4, -0.2) is 40.1 Å². The highest BCUT2D eigenvalue weighted by atomic mass is 32.2. The van der Waals surface area contributed by atoms with E-state index in [2.05, 4.69) is 24.4 Å². The van der Waals surface area contributed by atoms with Gasteiger partial charge in [0, 0.05) is 18.1 Å². The summed E-state index contributed by atoms with van der Waals surface area (Å²) in [5.41, 5.74) is 1.28. The van der Waals surface area contributed by atoms with Crippen LogP contribution >= 0.6 is 0 Å². The van der Waals surface area contributed by atoms with Gasteiger partial charge in [0.2, 0.25) is 0 Å². The summed E-state index contributed by atoms with van der Waals surface area (Å²) >= 11 is 0. The van der Waals surface area contributed by atoms with Crippen molar-refractivity contribution in [3.05, 3.63) is 29.8 Å². The molecule has 1 aromatic carbocycles. The van der Waals surface area contributed by atoms with Crippen LogP contribution in [0.5, 0.6) is 5.75 Å². The van der Waals surface area contributed by atoms with Crippen molar-refractivity contribution in [2.24, 2.45) is 0 Å². The summed E-state index contributed by atoms with van der Waals surface area (Å²) in [6.07, 6.45) is 4.92. The zero-order chi connectivity index (χ0) is 15.7. The normalized spacial score (nSPS) is 13.1. The number of methoxy groups -OCH3 is 1. The van der Waals surface area contributed by atoms with Crippen LogP contribution in [0, 0.1) is 0 Å². The highest BCUT2D eigenvalue weighted by molar-refractivity contribution is 7.90. The third-order valence-electron chi connectivity index (χ3n) is 3.50. The van der Waals surface area contributed by atoms with Gasteiger partial charge in [0.1, 0.15) is 15.6 Å². The quantitative estimate of drug-likeness (QED) is 0.721. The Hall–Kier alpha value is -1.07. The van der Waals surface area contributed by atoms with Crippen LogP contribution in [0.3, 0.4) is 0 Å². The molecule has 0 saturated carbocycles. The Morgan fingerprint density at radius 1 is 1.19 bits per heavy atom. The fourth-order valence-electron chi connectivity index (χ4n) is 2.36. The van der Waals surface area contributed by atoms with Crippen LogP contribution < -0.4 is 10.1 Å². The third-order valence-corrected chi connectivity index (χ3v) is 4.53. The van der Waals surface area contributed by atoms with E-state index in [9.17, 15) is 8.42 Å². The highest BCUT2D eigenvalue weighted by Gasteiger charge is 2.10. The van der Waals surface area contributed by atoms with E-state index in [1.165, 1.54) is 11.8 Å².